The van der Waals surface area contributed by atoms with Crippen molar-refractivity contribution < 1.29 is 37.0 Å². The number of carbonyl (C=O) groups excluding carboxylic acids is 2. The molecule has 45 heavy (non-hydrogen) atoms. The number of benzene rings is 3. The van der Waals surface area contributed by atoms with Gasteiger partial charge in [0.2, 0.25) is 5.91 Å². The third-order valence-electron chi connectivity index (χ3n) is 7.49. The first-order valence-corrected chi connectivity index (χ1v) is 14.9. The summed E-state index contributed by atoms with van der Waals surface area (Å²) in [5.74, 6) is -0.417. The molecule has 1 aliphatic rings. The fourth-order valence-corrected chi connectivity index (χ4v) is 6.02. The third kappa shape index (κ3) is 7.31. The average Bonchev–Trinajstić information content (AvgIpc) is 3.69. The van der Waals surface area contributed by atoms with E-state index in [1.165, 1.54) is 24.1 Å². The molecule has 236 valence electrons. The highest BCUT2D eigenvalue weighted by Crippen LogP contribution is 2.38. The second kappa shape index (κ2) is 13.5. The fraction of sp³-hybridized carbons (Fsp3) is 0.281. The van der Waals surface area contributed by atoms with E-state index < -0.39 is 30.0 Å². The molecule has 5 rings (SSSR count). The third-order valence-corrected chi connectivity index (χ3v) is 8.34. The van der Waals surface area contributed by atoms with Crippen LogP contribution in [0.2, 0.25) is 0 Å². The molecular formula is C32H31F3N4O5S. The van der Waals surface area contributed by atoms with Gasteiger partial charge in [-0.05, 0) is 90.6 Å². The summed E-state index contributed by atoms with van der Waals surface area (Å²) < 4.78 is 57.7. The number of nitrogens with zero attached hydrogens (tertiary/aromatic N) is 2. The van der Waals surface area contributed by atoms with Gasteiger partial charge in [0.15, 0.2) is 0 Å². The summed E-state index contributed by atoms with van der Waals surface area (Å²) in [5, 5.41) is 3.07. The molecule has 0 radical (unpaired) electrons. The maximum atomic E-state index is 14.5. The van der Waals surface area contributed by atoms with Gasteiger partial charge in [0, 0.05) is 17.3 Å². The Bertz CT molecular complexity index is 1620. The van der Waals surface area contributed by atoms with Gasteiger partial charge in [-0.1, -0.05) is 25.0 Å². The molecule has 4 aromatic rings. The largest absolute Gasteiger partial charge is 0.573 e. The van der Waals surface area contributed by atoms with Crippen LogP contribution in [-0.2, 0) is 4.79 Å². The Morgan fingerprint density at radius 2 is 1.47 bits per heavy atom. The first kappa shape index (κ1) is 31.6. The summed E-state index contributed by atoms with van der Waals surface area (Å²) in [6, 6.07) is 17.1. The summed E-state index contributed by atoms with van der Waals surface area (Å²) in [5.41, 5.74) is 8.23. The van der Waals surface area contributed by atoms with Crippen LogP contribution in [0.25, 0.3) is 11.3 Å². The van der Waals surface area contributed by atoms with Gasteiger partial charge in [0.1, 0.15) is 33.9 Å². The van der Waals surface area contributed by atoms with Gasteiger partial charge in [0.05, 0.1) is 19.9 Å². The molecule has 13 heteroatoms. The highest BCUT2D eigenvalue weighted by Gasteiger charge is 2.37. The zero-order chi connectivity index (χ0) is 32.1. The molecular weight excluding hydrogens is 609 g/mol. The molecule has 9 nitrogen and oxygen atoms in total. The number of methoxy groups -OCH3 is 2. The standard InChI is InChI=1S/C32H31F3N4O5S/c1-42-23-13-7-19(8-14-23)27-26(36)29(45-38-27)31(41)39(22-11-17-25(18-12-22)44-32(33,34)35)28(20-9-15-24(43-2)16-10-20)30(40)37-21-5-3-4-6-21/h7-18,21,28H,3-6,36H2,1-2H3,(H,37,40). The molecule has 1 saturated carbocycles. The lowest BCUT2D eigenvalue weighted by Gasteiger charge is -2.32. The number of nitrogens with one attached hydrogen (secondary N) is 1. The lowest BCUT2D eigenvalue weighted by Crippen LogP contribution is -2.46. The van der Waals surface area contributed by atoms with E-state index >= 15 is 0 Å². The predicted molar refractivity (Wildman–Crippen MR) is 165 cm³/mol. The Hall–Kier alpha value is -4.78. The number of hydrogen-bond donors (Lipinski definition) is 2. The molecule has 3 aromatic carbocycles. The highest BCUT2D eigenvalue weighted by molar-refractivity contribution is 7.09. The van der Waals surface area contributed by atoms with Crippen molar-refractivity contribution in [3.63, 3.8) is 0 Å². The van der Waals surface area contributed by atoms with E-state index in [1.54, 1.807) is 55.6 Å². The van der Waals surface area contributed by atoms with Gasteiger partial charge >= 0.3 is 6.36 Å². The quantitative estimate of drug-likeness (QED) is 0.197. The van der Waals surface area contributed by atoms with Crippen molar-refractivity contribution in [2.75, 3.05) is 24.9 Å². The van der Waals surface area contributed by atoms with Crippen LogP contribution in [0.3, 0.4) is 0 Å². The number of rotatable bonds is 10. The first-order valence-electron chi connectivity index (χ1n) is 14.1. The summed E-state index contributed by atoms with van der Waals surface area (Å²) >= 11 is 0.864. The van der Waals surface area contributed by atoms with Gasteiger partial charge in [-0.25, -0.2) is 0 Å². The highest BCUT2D eigenvalue weighted by atomic mass is 32.1. The summed E-state index contributed by atoms with van der Waals surface area (Å²) in [4.78, 5) is 29.8. The van der Waals surface area contributed by atoms with E-state index in [0.717, 1.165) is 49.3 Å². The minimum absolute atomic E-state index is 0.0589. The molecule has 1 aromatic heterocycles. The summed E-state index contributed by atoms with van der Waals surface area (Å²) in [6.45, 7) is 0. The second-order valence-corrected chi connectivity index (χ2v) is 11.2. The number of carbonyl (C=O) groups is 2. The van der Waals surface area contributed by atoms with E-state index in [4.69, 9.17) is 15.2 Å². The number of nitrogens with two attached hydrogens (primary N) is 1. The lowest BCUT2D eigenvalue weighted by molar-refractivity contribution is -0.274. The Morgan fingerprint density at radius 3 is 2.02 bits per heavy atom. The van der Waals surface area contributed by atoms with E-state index in [1.807, 2.05) is 0 Å². The monoisotopic (exact) mass is 640 g/mol. The normalized spacial score (nSPS) is 14.1. The SMILES string of the molecule is COc1ccc(-c2nsc(C(=O)N(c3ccc(OC(F)(F)F)cc3)C(C(=O)NC3CCCC3)c3ccc(OC)cc3)c2N)cc1. The van der Waals surface area contributed by atoms with E-state index in [9.17, 15) is 22.8 Å². The number of nitrogen functional groups attached to an aromatic ring is 1. The molecule has 1 heterocycles. The minimum atomic E-state index is -4.90. The van der Waals surface area contributed by atoms with Gasteiger partial charge in [0.25, 0.3) is 5.91 Å². The lowest BCUT2D eigenvalue weighted by atomic mass is 10.0. The Kier molecular flexibility index (Phi) is 9.47. The maximum Gasteiger partial charge on any atom is 0.573 e. The summed E-state index contributed by atoms with van der Waals surface area (Å²) in [7, 11) is 3.05. The van der Waals surface area contributed by atoms with Crippen molar-refractivity contribution in [1.82, 2.24) is 9.69 Å². The Labute approximate surface area is 261 Å². The van der Waals surface area contributed by atoms with Crippen LogP contribution in [0.4, 0.5) is 24.5 Å². The number of alkyl halides is 3. The fourth-order valence-electron chi connectivity index (χ4n) is 5.26. The molecule has 1 unspecified atom stereocenters. The zero-order valence-corrected chi connectivity index (χ0v) is 25.3. The van der Waals surface area contributed by atoms with Gasteiger partial charge in [-0.2, -0.15) is 4.37 Å². The molecule has 1 fully saturated rings. The van der Waals surface area contributed by atoms with Crippen LogP contribution in [0, 0.1) is 0 Å². The van der Waals surface area contributed by atoms with Crippen molar-refractivity contribution in [1.29, 1.82) is 0 Å². The number of halogens is 3. The van der Waals surface area contributed by atoms with Crippen molar-refractivity contribution >= 4 is 34.7 Å². The smallest absolute Gasteiger partial charge is 0.497 e. The number of amides is 2. The Morgan fingerprint density at radius 1 is 0.911 bits per heavy atom. The molecule has 2 amide bonds. The number of anilines is 2. The van der Waals surface area contributed by atoms with E-state index in [2.05, 4.69) is 14.4 Å². The topological polar surface area (TPSA) is 116 Å². The molecule has 0 aliphatic heterocycles. The van der Waals surface area contributed by atoms with E-state index in [0.29, 0.717) is 28.3 Å². The van der Waals surface area contributed by atoms with Gasteiger partial charge in [-0.3, -0.25) is 14.5 Å². The summed E-state index contributed by atoms with van der Waals surface area (Å²) in [6.07, 6.45) is -1.38. The van der Waals surface area contributed by atoms with Crippen LogP contribution in [-0.4, -0.2) is 42.8 Å². The van der Waals surface area contributed by atoms with Crippen LogP contribution in [0.1, 0.15) is 47.0 Å². The molecule has 1 aliphatic carbocycles. The van der Waals surface area contributed by atoms with Crippen molar-refractivity contribution in [2.24, 2.45) is 0 Å². The molecule has 0 saturated heterocycles. The van der Waals surface area contributed by atoms with Crippen LogP contribution in [0.15, 0.2) is 72.8 Å². The molecule has 0 spiro atoms. The molecule has 3 N–H and O–H groups in total. The Balaban J connectivity index is 1.60. The first-order chi connectivity index (χ1) is 21.6. The number of hydrogen-bond acceptors (Lipinski definition) is 8. The average molecular weight is 641 g/mol. The zero-order valence-electron chi connectivity index (χ0n) is 24.5. The van der Waals surface area contributed by atoms with Gasteiger partial charge < -0.3 is 25.3 Å². The van der Waals surface area contributed by atoms with Crippen LogP contribution >= 0.6 is 11.5 Å². The van der Waals surface area contributed by atoms with Crippen molar-refractivity contribution in [3.8, 4) is 28.5 Å². The number of aromatic nitrogens is 1. The number of ether oxygens (including phenoxy) is 3. The molecule has 1 atom stereocenters. The second-order valence-electron chi connectivity index (χ2n) is 10.4. The van der Waals surface area contributed by atoms with Crippen LogP contribution < -0.4 is 30.2 Å². The van der Waals surface area contributed by atoms with Gasteiger partial charge in [-0.15, -0.1) is 13.2 Å². The predicted octanol–water partition coefficient (Wildman–Crippen LogP) is 6.76. The minimum Gasteiger partial charge on any atom is -0.497 e. The van der Waals surface area contributed by atoms with E-state index in [-0.39, 0.29) is 22.3 Å². The maximum absolute atomic E-state index is 14.5. The van der Waals surface area contributed by atoms with Crippen LogP contribution in [0.5, 0.6) is 17.2 Å². The molecule has 0 bridgehead atoms. The van der Waals surface area contributed by atoms with Crippen molar-refractivity contribution in [3.05, 3.63) is 83.2 Å². The van der Waals surface area contributed by atoms with Crippen molar-refractivity contribution in [2.45, 2.75) is 44.1 Å².